The fourth-order valence-corrected chi connectivity index (χ4v) is 2.12. The zero-order valence-corrected chi connectivity index (χ0v) is 14.5. The van der Waals surface area contributed by atoms with Crippen molar-refractivity contribution in [3.63, 3.8) is 0 Å². The Bertz CT molecular complexity index is 348. The van der Waals surface area contributed by atoms with Gasteiger partial charge in [0.15, 0.2) is 0 Å². The second-order valence-electron chi connectivity index (χ2n) is 5.55. The lowest BCUT2D eigenvalue weighted by Crippen LogP contribution is -2.23. The van der Waals surface area contributed by atoms with Gasteiger partial charge < -0.3 is 23.7 Å². The van der Waals surface area contributed by atoms with E-state index in [1.807, 2.05) is 0 Å². The second-order valence-corrected chi connectivity index (χ2v) is 5.55. The van der Waals surface area contributed by atoms with Crippen molar-refractivity contribution in [3.05, 3.63) is 0 Å². The Hall–Kier alpha value is -0.970. The van der Waals surface area contributed by atoms with Crippen LogP contribution in [-0.2, 0) is 28.5 Å². The summed E-state index contributed by atoms with van der Waals surface area (Å²) in [5.41, 5.74) is 0. The summed E-state index contributed by atoms with van der Waals surface area (Å²) in [7, 11) is 0. The van der Waals surface area contributed by atoms with E-state index in [1.54, 1.807) is 0 Å². The van der Waals surface area contributed by atoms with Gasteiger partial charge in [0.05, 0.1) is 59.5 Å². The minimum atomic E-state index is 0.307. The molecule has 0 aromatic heterocycles. The van der Waals surface area contributed by atoms with E-state index < -0.39 is 0 Å². The molecule has 1 fully saturated rings. The normalized spacial score (nSPS) is 14.3. The van der Waals surface area contributed by atoms with E-state index in [-0.39, 0.29) is 0 Å². The molecule has 0 saturated heterocycles. The Morgan fingerprint density at radius 2 is 1.25 bits per heavy atom. The fraction of sp³-hybridized carbons (Fsp3) is 0.833. The monoisotopic (exact) mass is 342 g/mol. The van der Waals surface area contributed by atoms with Crippen LogP contribution in [-0.4, -0.2) is 71.9 Å². The smallest absolute Gasteiger partial charge is 0.138 e. The lowest BCUT2D eigenvalue weighted by atomic mass is 9.81. The molecule has 6 nitrogen and oxygen atoms in total. The number of carbonyl (C=O) groups excluding carboxylic acids is 1. The van der Waals surface area contributed by atoms with E-state index in [4.69, 9.17) is 30.1 Å². The van der Waals surface area contributed by atoms with Crippen molar-refractivity contribution in [1.82, 2.24) is 0 Å². The van der Waals surface area contributed by atoms with Crippen molar-refractivity contribution < 1.29 is 28.5 Å². The van der Waals surface area contributed by atoms with Crippen LogP contribution in [0.5, 0.6) is 0 Å². The van der Waals surface area contributed by atoms with Crippen LogP contribution < -0.4 is 0 Å². The highest BCUT2D eigenvalue weighted by Gasteiger charge is 2.24. The first-order chi connectivity index (χ1) is 11.8. The van der Waals surface area contributed by atoms with Gasteiger partial charge in [0.2, 0.25) is 0 Å². The average Bonchev–Trinajstić information content (AvgIpc) is 2.53. The first kappa shape index (κ1) is 21.1. The summed E-state index contributed by atoms with van der Waals surface area (Å²) in [6.07, 6.45) is 8.89. The predicted octanol–water partition coefficient (Wildman–Crippen LogP) is 1.46. The Morgan fingerprint density at radius 1 is 0.792 bits per heavy atom. The molecular weight excluding hydrogens is 312 g/mol. The van der Waals surface area contributed by atoms with Gasteiger partial charge in [-0.25, -0.2) is 0 Å². The van der Waals surface area contributed by atoms with E-state index in [2.05, 4.69) is 5.92 Å². The summed E-state index contributed by atoms with van der Waals surface area (Å²) in [5, 5.41) is 0. The van der Waals surface area contributed by atoms with Crippen molar-refractivity contribution in [1.29, 1.82) is 0 Å². The van der Waals surface area contributed by atoms with Gasteiger partial charge in [0, 0.05) is 12.3 Å². The van der Waals surface area contributed by atoms with Gasteiger partial charge in [0.25, 0.3) is 0 Å². The molecule has 138 valence electrons. The van der Waals surface area contributed by atoms with Gasteiger partial charge >= 0.3 is 0 Å². The summed E-state index contributed by atoms with van der Waals surface area (Å²) in [4.78, 5) is 11.6. The Morgan fingerprint density at radius 3 is 1.67 bits per heavy atom. The number of hydrogen-bond acceptors (Lipinski definition) is 6. The maximum absolute atomic E-state index is 11.6. The molecule has 0 aromatic carbocycles. The molecule has 0 spiro atoms. The van der Waals surface area contributed by atoms with Crippen LogP contribution in [0.25, 0.3) is 0 Å². The Labute approximate surface area is 145 Å². The minimum absolute atomic E-state index is 0.307. The van der Waals surface area contributed by atoms with Gasteiger partial charge in [-0.3, -0.25) is 4.79 Å². The number of rotatable bonds is 17. The number of hydrogen-bond donors (Lipinski definition) is 0. The Balaban J connectivity index is 1.67. The van der Waals surface area contributed by atoms with Crippen LogP contribution in [0.2, 0.25) is 0 Å². The maximum atomic E-state index is 11.6. The van der Waals surface area contributed by atoms with Gasteiger partial charge in [-0.05, 0) is 12.8 Å². The topological polar surface area (TPSA) is 63.2 Å². The third kappa shape index (κ3) is 11.5. The zero-order valence-electron chi connectivity index (χ0n) is 14.5. The molecule has 0 amide bonds. The lowest BCUT2D eigenvalue weighted by Gasteiger charge is -2.23. The van der Waals surface area contributed by atoms with Crippen LogP contribution in [0.3, 0.4) is 0 Å². The van der Waals surface area contributed by atoms with Crippen LogP contribution in [0.4, 0.5) is 0 Å². The van der Waals surface area contributed by atoms with Gasteiger partial charge in [-0.1, -0.05) is 12.3 Å². The van der Waals surface area contributed by atoms with Crippen molar-refractivity contribution in [2.24, 2.45) is 5.92 Å². The molecule has 0 heterocycles. The van der Waals surface area contributed by atoms with E-state index in [0.717, 1.165) is 12.8 Å². The van der Waals surface area contributed by atoms with Crippen molar-refractivity contribution in [3.8, 4) is 12.3 Å². The number of terminal acetylenes is 1. The highest BCUT2D eigenvalue weighted by Crippen LogP contribution is 2.27. The van der Waals surface area contributed by atoms with Crippen molar-refractivity contribution in [2.45, 2.75) is 25.7 Å². The maximum Gasteiger partial charge on any atom is 0.138 e. The highest BCUT2D eigenvalue weighted by atomic mass is 16.6. The fourth-order valence-electron chi connectivity index (χ4n) is 2.12. The average molecular weight is 342 g/mol. The largest absolute Gasteiger partial charge is 0.379 e. The summed E-state index contributed by atoms with van der Waals surface area (Å²) < 4.78 is 26.5. The van der Waals surface area contributed by atoms with Gasteiger partial charge in [0.1, 0.15) is 12.4 Å². The molecule has 1 aliphatic carbocycles. The SMILES string of the molecule is C#CCOCCOCCOCCOCCOCCC(=O)C1CCC1. The third-order valence-electron chi connectivity index (χ3n) is 3.73. The molecule has 6 heteroatoms. The minimum Gasteiger partial charge on any atom is -0.379 e. The third-order valence-corrected chi connectivity index (χ3v) is 3.73. The first-order valence-electron chi connectivity index (χ1n) is 8.69. The molecule has 0 aromatic rings. The van der Waals surface area contributed by atoms with Crippen LogP contribution >= 0.6 is 0 Å². The summed E-state index contributed by atoms with van der Waals surface area (Å²) in [5.74, 6) is 3.04. The van der Waals surface area contributed by atoms with E-state index >= 15 is 0 Å². The molecule has 1 rings (SSSR count). The van der Waals surface area contributed by atoms with Gasteiger partial charge in [-0.2, -0.15) is 0 Å². The summed E-state index contributed by atoms with van der Waals surface area (Å²) >= 11 is 0. The van der Waals surface area contributed by atoms with Crippen molar-refractivity contribution >= 4 is 5.78 Å². The molecule has 0 atom stereocenters. The van der Waals surface area contributed by atoms with E-state index in [1.165, 1.54) is 6.42 Å². The summed E-state index contributed by atoms with van der Waals surface area (Å²) in [6.45, 7) is 4.96. The molecule has 0 bridgehead atoms. The standard InChI is InChI=1S/C18H30O6/c1-2-7-20-9-11-22-13-15-24-16-14-23-12-10-21-8-6-18(19)17-4-3-5-17/h1,17H,3-16H2. The first-order valence-corrected chi connectivity index (χ1v) is 8.69. The second kappa shape index (κ2) is 15.6. The van der Waals surface area contributed by atoms with Crippen LogP contribution in [0.15, 0.2) is 0 Å². The molecule has 1 saturated carbocycles. The number of Topliss-reactive ketones (excluding diaryl/α,β-unsaturated/α-hetero) is 1. The molecular formula is C18H30O6. The predicted molar refractivity (Wildman–Crippen MR) is 89.9 cm³/mol. The zero-order chi connectivity index (χ0) is 17.3. The van der Waals surface area contributed by atoms with Crippen LogP contribution in [0, 0.1) is 18.3 Å². The number of carbonyl (C=O) groups is 1. The Kier molecular flexibility index (Phi) is 13.7. The molecule has 24 heavy (non-hydrogen) atoms. The highest BCUT2D eigenvalue weighted by molar-refractivity contribution is 5.81. The lowest BCUT2D eigenvalue weighted by molar-refractivity contribution is -0.126. The molecule has 0 N–H and O–H groups in total. The quantitative estimate of drug-likeness (QED) is 0.295. The van der Waals surface area contributed by atoms with Gasteiger partial charge in [-0.15, -0.1) is 6.42 Å². The molecule has 0 radical (unpaired) electrons. The molecule has 0 aliphatic heterocycles. The van der Waals surface area contributed by atoms with E-state index in [0.29, 0.717) is 84.2 Å². The number of ether oxygens (including phenoxy) is 5. The number of ketones is 1. The summed E-state index contributed by atoms with van der Waals surface area (Å²) in [6, 6.07) is 0. The van der Waals surface area contributed by atoms with Crippen molar-refractivity contribution in [2.75, 3.05) is 66.1 Å². The van der Waals surface area contributed by atoms with Crippen LogP contribution in [0.1, 0.15) is 25.7 Å². The molecule has 1 aliphatic rings. The molecule has 0 unspecified atom stereocenters. The van der Waals surface area contributed by atoms with E-state index in [9.17, 15) is 4.79 Å².